The van der Waals surface area contributed by atoms with E-state index < -0.39 is 12.0 Å². The molecule has 2 N–H and O–H groups in total. The summed E-state index contributed by atoms with van der Waals surface area (Å²) in [4.78, 5) is 10.7. The lowest BCUT2D eigenvalue weighted by Crippen LogP contribution is -2.22. The average Bonchev–Trinajstić information content (AvgIpc) is 2.12. The fourth-order valence-corrected chi connectivity index (χ4v) is 1.11. The molecule has 3 nitrogen and oxygen atoms in total. The topological polar surface area (TPSA) is 57.5 Å². The molecule has 0 radical (unpaired) electrons. The molecule has 0 unspecified atom stereocenters. The maximum Gasteiger partial charge on any atom is 0.140 e. The van der Waals surface area contributed by atoms with Crippen molar-refractivity contribution in [3.05, 3.63) is 0 Å². The molecule has 1 aliphatic rings. The summed E-state index contributed by atoms with van der Waals surface area (Å²) in [6, 6.07) is 0. The zero-order valence-corrected chi connectivity index (χ0v) is 5.08. The first-order valence-electron chi connectivity index (χ1n) is 3.07. The van der Waals surface area contributed by atoms with Gasteiger partial charge in [0.2, 0.25) is 0 Å². The number of hydrogen-bond donors (Lipinski definition) is 2. The summed E-state index contributed by atoms with van der Waals surface area (Å²) in [5, 5.41) is 17.5. The van der Waals surface area contributed by atoms with Crippen molar-refractivity contribution in [1.82, 2.24) is 0 Å². The summed E-state index contributed by atoms with van der Waals surface area (Å²) in [5.41, 5.74) is 0. The van der Waals surface area contributed by atoms with E-state index in [4.69, 9.17) is 10.2 Å². The number of carbonyl (C=O) groups excluding carboxylic acids is 1. The second kappa shape index (κ2) is 2.45. The maximum absolute atomic E-state index is 10.7. The summed E-state index contributed by atoms with van der Waals surface area (Å²) in [7, 11) is 0. The Kier molecular flexibility index (Phi) is 1.83. The van der Waals surface area contributed by atoms with E-state index in [2.05, 4.69) is 0 Å². The second-order valence-corrected chi connectivity index (χ2v) is 2.36. The quantitative estimate of drug-likeness (QED) is 0.494. The van der Waals surface area contributed by atoms with Crippen LogP contribution >= 0.6 is 0 Å². The number of carbonyl (C=O) groups is 1. The van der Waals surface area contributed by atoms with E-state index in [1.165, 1.54) is 0 Å². The van der Waals surface area contributed by atoms with Crippen LogP contribution < -0.4 is 0 Å². The first-order valence-corrected chi connectivity index (χ1v) is 3.07. The van der Waals surface area contributed by atoms with Gasteiger partial charge in [0.05, 0.1) is 18.6 Å². The highest BCUT2D eigenvalue weighted by molar-refractivity contribution is 5.83. The van der Waals surface area contributed by atoms with Gasteiger partial charge >= 0.3 is 0 Å². The Balaban J connectivity index is 2.55. The fourth-order valence-electron chi connectivity index (χ4n) is 1.11. The predicted octanol–water partition coefficient (Wildman–Crippen LogP) is -0.681. The van der Waals surface area contributed by atoms with Crippen LogP contribution in [0.25, 0.3) is 0 Å². The summed E-state index contributed by atoms with van der Waals surface area (Å²) >= 11 is 0. The van der Waals surface area contributed by atoms with Crippen LogP contribution in [-0.2, 0) is 4.79 Å². The van der Waals surface area contributed by atoms with Gasteiger partial charge in [-0.25, -0.2) is 0 Å². The fraction of sp³-hybridized carbons (Fsp3) is 0.833. The van der Waals surface area contributed by atoms with Crippen LogP contribution in [0.2, 0.25) is 0 Å². The highest BCUT2D eigenvalue weighted by atomic mass is 16.3. The largest absolute Gasteiger partial charge is 0.396 e. The minimum absolute atomic E-state index is 0.00926. The molecule has 0 aromatic carbocycles. The Hall–Kier alpha value is -0.410. The van der Waals surface area contributed by atoms with Crippen LogP contribution in [0.15, 0.2) is 0 Å². The summed E-state index contributed by atoms with van der Waals surface area (Å²) < 4.78 is 0. The molecule has 9 heavy (non-hydrogen) atoms. The minimum atomic E-state index is -0.595. The highest BCUT2D eigenvalue weighted by Crippen LogP contribution is 2.20. The molecule has 3 heteroatoms. The lowest BCUT2D eigenvalue weighted by Gasteiger charge is -2.07. The van der Waals surface area contributed by atoms with Gasteiger partial charge in [0.15, 0.2) is 0 Å². The Morgan fingerprint density at radius 2 is 2.33 bits per heavy atom. The van der Waals surface area contributed by atoms with E-state index in [9.17, 15) is 4.79 Å². The van der Waals surface area contributed by atoms with Crippen molar-refractivity contribution in [2.45, 2.75) is 18.9 Å². The molecule has 1 fully saturated rings. The monoisotopic (exact) mass is 130 g/mol. The first kappa shape index (κ1) is 6.71. The Morgan fingerprint density at radius 3 is 2.56 bits per heavy atom. The molecule has 0 amide bonds. The molecule has 0 heterocycles. The van der Waals surface area contributed by atoms with E-state index in [-0.39, 0.29) is 12.4 Å². The molecule has 52 valence electrons. The van der Waals surface area contributed by atoms with E-state index >= 15 is 0 Å². The van der Waals surface area contributed by atoms with Crippen molar-refractivity contribution >= 4 is 5.78 Å². The number of aliphatic hydroxyl groups excluding tert-OH is 2. The van der Waals surface area contributed by atoms with Crippen LogP contribution in [0.1, 0.15) is 12.8 Å². The van der Waals surface area contributed by atoms with Crippen molar-refractivity contribution in [3.63, 3.8) is 0 Å². The number of rotatable bonds is 1. The van der Waals surface area contributed by atoms with Crippen LogP contribution in [0.3, 0.4) is 0 Å². The van der Waals surface area contributed by atoms with Crippen LogP contribution in [0.4, 0.5) is 0 Å². The summed E-state index contributed by atoms with van der Waals surface area (Å²) in [5.74, 6) is -0.505. The molecule has 1 aliphatic carbocycles. The molecule has 0 bridgehead atoms. The van der Waals surface area contributed by atoms with Crippen LogP contribution in [0, 0.1) is 5.92 Å². The second-order valence-electron chi connectivity index (χ2n) is 2.36. The molecule has 0 saturated heterocycles. The standard InChI is InChI=1S/C6H10O3/c7-3-4-5(8)1-2-6(4)9/h4-5,7-8H,1-3H2/t4-,5+/m1/s1. The molecule has 2 atom stereocenters. The number of aliphatic hydroxyl groups is 2. The average molecular weight is 130 g/mol. The maximum atomic E-state index is 10.7. The van der Waals surface area contributed by atoms with Crippen molar-refractivity contribution in [1.29, 1.82) is 0 Å². The van der Waals surface area contributed by atoms with Gasteiger partial charge in [0.25, 0.3) is 0 Å². The third kappa shape index (κ3) is 1.11. The normalized spacial score (nSPS) is 35.6. The van der Waals surface area contributed by atoms with Gasteiger partial charge in [-0.2, -0.15) is 0 Å². The SMILES string of the molecule is O=C1CC[C@H](O)[C@H]1CO. The van der Waals surface area contributed by atoms with Gasteiger partial charge < -0.3 is 10.2 Å². The first-order chi connectivity index (χ1) is 4.25. The van der Waals surface area contributed by atoms with Crippen LogP contribution in [-0.4, -0.2) is 28.7 Å². The summed E-state index contributed by atoms with van der Waals surface area (Å²) in [6.07, 6.45) is 0.346. The van der Waals surface area contributed by atoms with Gasteiger partial charge in [-0.05, 0) is 6.42 Å². The van der Waals surface area contributed by atoms with E-state index in [0.29, 0.717) is 12.8 Å². The molecular weight excluding hydrogens is 120 g/mol. The number of hydrogen-bond acceptors (Lipinski definition) is 3. The van der Waals surface area contributed by atoms with Gasteiger partial charge in [-0.3, -0.25) is 4.79 Å². The molecule has 1 rings (SSSR count). The molecule has 0 aromatic heterocycles. The Morgan fingerprint density at radius 1 is 1.67 bits per heavy atom. The minimum Gasteiger partial charge on any atom is -0.396 e. The van der Waals surface area contributed by atoms with E-state index in [1.807, 2.05) is 0 Å². The van der Waals surface area contributed by atoms with Crippen molar-refractivity contribution in [3.8, 4) is 0 Å². The smallest absolute Gasteiger partial charge is 0.140 e. The van der Waals surface area contributed by atoms with Crippen LogP contribution in [0.5, 0.6) is 0 Å². The van der Waals surface area contributed by atoms with Crippen molar-refractivity contribution in [2.24, 2.45) is 5.92 Å². The Bertz CT molecular complexity index is 121. The molecule has 0 aromatic rings. The third-order valence-corrected chi connectivity index (χ3v) is 1.76. The van der Waals surface area contributed by atoms with E-state index in [0.717, 1.165) is 0 Å². The van der Waals surface area contributed by atoms with Crippen molar-refractivity contribution < 1.29 is 15.0 Å². The zero-order valence-electron chi connectivity index (χ0n) is 5.08. The molecule has 0 spiro atoms. The molecule has 1 saturated carbocycles. The number of ketones is 1. The Labute approximate surface area is 53.3 Å². The highest BCUT2D eigenvalue weighted by Gasteiger charge is 2.32. The third-order valence-electron chi connectivity index (χ3n) is 1.76. The predicted molar refractivity (Wildman–Crippen MR) is 30.8 cm³/mol. The molecular formula is C6H10O3. The lowest BCUT2D eigenvalue weighted by molar-refractivity contribution is -0.123. The molecule has 0 aliphatic heterocycles. The van der Waals surface area contributed by atoms with Gasteiger partial charge in [-0.15, -0.1) is 0 Å². The van der Waals surface area contributed by atoms with Gasteiger partial charge in [0, 0.05) is 6.42 Å². The van der Waals surface area contributed by atoms with E-state index in [1.54, 1.807) is 0 Å². The van der Waals surface area contributed by atoms with Gasteiger partial charge in [-0.1, -0.05) is 0 Å². The van der Waals surface area contributed by atoms with Gasteiger partial charge in [0.1, 0.15) is 5.78 Å². The lowest BCUT2D eigenvalue weighted by atomic mass is 10.1. The zero-order chi connectivity index (χ0) is 6.85. The van der Waals surface area contributed by atoms with Crippen molar-refractivity contribution in [2.75, 3.05) is 6.61 Å². The summed E-state index contributed by atoms with van der Waals surface area (Å²) in [6.45, 7) is -0.208. The number of Topliss-reactive ketones (excluding diaryl/α,β-unsaturated/α-hetero) is 1.